The van der Waals surface area contributed by atoms with Gasteiger partial charge in [-0.2, -0.15) is 0 Å². The first kappa shape index (κ1) is 44.7. The first-order valence-electron chi connectivity index (χ1n) is 18.0. The molecule has 3 unspecified atom stereocenters. The summed E-state index contributed by atoms with van der Waals surface area (Å²) in [5.41, 5.74) is 0. The second kappa shape index (κ2) is 25.7. The molecule has 276 valence electrons. The van der Waals surface area contributed by atoms with Crippen LogP contribution in [0.25, 0.3) is 0 Å². The fourth-order valence-electron chi connectivity index (χ4n) is 5.73. The lowest BCUT2D eigenvalue weighted by molar-refractivity contribution is -0.883. The maximum atomic E-state index is 12.8. The van der Waals surface area contributed by atoms with E-state index >= 15 is 0 Å². The number of carbonyl (C=O) groups is 4. The molecule has 0 aromatic heterocycles. The van der Waals surface area contributed by atoms with Crippen LogP contribution in [0.5, 0.6) is 0 Å². The standard InChI is InChI=1S/C35H68N4O8/c1-7-8-9-10-12-15-20-30(40)31(47-29(2)35(46)37-24-19-26-39(5,6)28-34(44)45)21-16-13-11-14-17-22-32(41)36-23-18-25-38(3,4)27-33(42)43/h29-31,40H,7-28H2,1-6H3,(H2-2,36,37,41,42,43,44,45,46)/p+2. The number of nitrogens with zero attached hydrogens (tertiary/aromatic N) is 2. The zero-order valence-corrected chi connectivity index (χ0v) is 30.6. The first-order valence-corrected chi connectivity index (χ1v) is 18.0. The zero-order chi connectivity index (χ0) is 35.7. The van der Waals surface area contributed by atoms with Crippen molar-refractivity contribution in [2.24, 2.45) is 0 Å². The van der Waals surface area contributed by atoms with Gasteiger partial charge >= 0.3 is 11.9 Å². The number of unbranched alkanes of at least 4 members (excludes halogenated alkanes) is 9. The molecule has 0 saturated heterocycles. The van der Waals surface area contributed by atoms with E-state index in [9.17, 15) is 24.3 Å². The molecule has 0 aromatic rings. The third kappa shape index (κ3) is 26.4. The number of amides is 2. The number of ether oxygens (including phenoxy) is 1. The van der Waals surface area contributed by atoms with Crippen LogP contribution in [0.15, 0.2) is 0 Å². The van der Waals surface area contributed by atoms with E-state index in [1.165, 1.54) is 19.3 Å². The third-order valence-corrected chi connectivity index (χ3v) is 8.55. The fraction of sp³-hybridized carbons (Fsp3) is 0.886. The Bertz CT molecular complexity index is 884. The number of hydrogen-bond acceptors (Lipinski definition) is 6. The number of carboxylic acids is 2. The molecule has 5 N–H and O–H groups in total. The Kier molecular flexibility index (Phi) is 24.5. The van der Waals surface area contributed by atoms with Crippen molar-refractivity contribution in [3.05, 3.63) is 0 Å². The summed E-state index contributed by atoms with van der Waals surface area (Å²) >= 11 is 0. The Balaban J connectivity index is 4.55. The van der Waals surface area contributed by atoms with Crippen molar-refractivity contribution in [2.45, 2.75) is 135 Å². The average molecular weight is 675 g/mol. The number of quaternary nitrogens is 2. The fourth-order valence-corrected chi connectivity index (χ4v) is 5.73. The second-order valence-electron chi connectivity index (χ2n) is 14.5. The summed E-state index contributed by atoms with van der Waals surface area (Å²) in [6.07, 6.45) is 12.7. The number of aliphatic carboxylic acids is 2. The Hall–Kier alpha value is -2.28. The van der Waals surface area contributed by atoms with Crippen LogP contribution in [-0.2, 0) is 23.9 Å². The average Bonchev–Trinajstić information content (AvgIpc) is 2.96. The van der Waals surface area contributed by atoms with Crippen molar-refractivity contribution < 1.29 is 48.2 Å². The molecule has 0 aliphatic carbocycles. The third-order valence-electron chi connectivity index (χ3n) is 8.55. The summed E-state index contributed by atoms with van der Waals surface area (Å²) in [4.78, 5) is 46.9. The number of likely N-dealkylation sites (N-methyl/N-ethyl adjacent to an activating group) is 2. The molecule has 2 amide bonds. The maximum absolute atomic E-state index is 12.8. The minimum absolute atomic E-state index is 0.0233. The van der Waals surface area contributed by atoms with E-state index in [1.54, 1.807) is 6.92 Å². The molecule has 0 bridgehead atoms. The van der Waals surface area contributed by atoms with Crippen LogP contribution in [0.4, 0.5) is 0 Å². The highest BCUT2D eigenvalue weighted by molar-refractivity contribution is 5.80. The van der Waals surface area contributed by atoms with Gasteiger partial charge in [0.05, 0.1) is 53.5 Å². The van der Waals surface area contributed by atoms with Crippen molar-refractivity contribution in [1.82, 2.24) is 10.6 Å². The van der Waals surface area contributed by atoms with Crippen molar-refractivity contribution in [2.75, 3.05) is 67.5 Å². The van der Waals surface area contributed by atoms with Crippen LogP contribution in [0.2, 0.25) is 0 Å². The van der Waals surface area contributed by atoms with Crippen LogP contribution in [0.1, 0.15) is 117 Å². The normalized spacial score (nSPS) is 13.9. The number of nitrogens with one attached hydrogen (secondary N) is 2. The monoisotopic (exact) mass is 675 g/mol. The maximum Gasteiger partial charge on any atom is 0.359 e. The zero-order valence-electron chi connectivity index (χ0n) is 30.6. The van der Waals surface area contributed by atoms with E-state index in [1.807, 2.05) is 28.2 Å². The number of carbonyl (C=O) groups excluding carboxylic acids is 2. The highest BCUT2D eigenvalue weighted by Gasteiger charge is 2.25. The van der Waals surface area contributed by atoms with E-state index < -0.39 is 30.3 Å². The van der Waals surface area contributed by atoms with E-state index in [0.29, 0.717) is 60.8 Å². The predicted octanol–water partition coefficient (Wildman–Crippen LogP) is 3.94. The van der Waals surface area contributed by atoms with Gasteiger partial charge in [0, 0.05) is 32.4 Å². The first-order chi connectivity index (χ1) is 22.1. The van der Waals surface area contributed by atoms with Gasteiger partial charge in [-0.3, -0.25) is 9.59 Å². The Morgan fingerprint density at radius 1 is 0.660 bits per heavy atom. The van der Waals surface area contributed by atoms with Crippen molar-refractivity contribution in [3.63, 3.8) is 0 Å². The van der Waals surface area contributed by atoms with E-state index in [0.717, 1.165) is 57.8 Å². The van der Waals surface area contributed by atoms with Crippen LogP contribution in [-0.4, -0.2) is 134 Å². The molecule has 12 nitrogen and oxygen atoms in total. The molecular formula is C35H70N4O8+2. The molecule has 0 radical (unpaired) electrons. The molecule has 0 aliphatic heterocycles. The van der Waals surface area contributed by atoms with Crippen molar-refractivity contribution in [1.29, 1.82) is 0 Å². The quantitative estimate of drug-likeness (QED) is 0.0546. The Morgan fingerprint density at radius 2 is 1.13 bits per heavy atom. The number of hydrogen-bond donors (Lipinski definition) is 5. The summed E-state index contributed by atoms with van der Waals surface area (Å²) in [6, 6.07) is 0. The summed E-state index contributed by atoms with van der Waals surface area (Å²) < 4.78 is 6.86. The molecule has 12 heteroatoms. The smallest absolute Gasteiger partial charge is 0.359 e. The Morgan fingerprint density at radius 3 is 1.66 bits per heavy atom. The molecule has 0 aliphatic rings. The lowest BCUT2D eigenvalue weighted by Crippen LogP contribution is -2.46. The number of aliphatic hydroxyl groups is 1. The Labute approximate surface area is 284 Å². The molecule has 3 atom stereocenters. The van der Waals surface area contributed by atoms with Gasteiger partial charge in [-0.1, -0.05) is 71.1 Å². The molecule has 0 rings (SSSR count). The predicted molar refractivity (Wildman–Crippen MR) is 185 cm³/mol. The van der Waals surface area contributed by atoms with Gasteiger partial charge in [0.25, 0.3) is 0 Å². The van der Waals surface area contributed by atoms with E-state index in [4.69, 9.17) is 14.9 Å². The topological polar surface area (TPSA) is 162 Å². The lowest BCUT2D eigenvalue weighted by atomic mass is 9.99. The van der Waals surface area contributed by atoms with Gasteiger partial charge in [0.15, 0.2) is 13.1 Å². The van der Waals surface area contributed by atoms with Gasteiger partial charge < -0.3 is 39.7 Å². The van der Waals surface area contributed by atoms with Gasteiger partial charge in [0.1, 0.15) is 6.10 Å². The number of rotatable bonds is 31. The molecule has 47 heavy (non-hydrogen) atoms. The van der Waals surface area contributed by atoms with Crippen molar-refractivity contribution in [3.8, 4) is 0 Å². The summed E-state index contributed by atoms with van der Waals surface area (Å²) in [7, 11) is 7.45. The van der Waals surface area contributed by atoms with E-state index in [-0.39, 0.29) is 24.9 Å². The van der Waals surface area contributed by atoms with Gasteiger partial charge in [-0.25, -0.2) is 9.59 Å². The summed E-state index contributed by atoms with van der Waals surface area (Å²) in [6.45, 7) is 6.28. The van der Waals surface area contributed by atoms with E-state index in [2.05, 4.69) is 17.6 Å². The lowest BCUT2D eigenvalue weighted by Gasteiger charge is -2.28. The summed E-state index contributed by atoms with van der Waals surface area (Å²) in [5.74, 6) is -1.88. The molecular weight excluding hydrogens is 604 g/mol. The highest BCUT2D eigenvalue weighted by Crippen LogP contribution is 2.19. The SMILES string of the molecule is CCCCCCCCC(O)C(CCCCCCCC(=O)NCCC[N+](C)(C)CC(=O)O)OC(C)C(=O)NCCC[N+](C)(C)CC(=O)O. The molecule has 0 saturated carbocycles. The molecule has 0 fully saturated rings. The van der Waals surface area contributed by atoms with Crippen LogP contribution < -0.4 is 10.6 Å². The molecule has 0 spiro atoms. The molecule has 0 aromatic carbocycles. The number of carboxylic acid groups (broad SMARTS) is 2. The second-order valence-corrected chi connectivity index (χ2v) is 14.5. The van der Waals surface area contributed by atoms with Crippen LogP contribution in [0.3, 0.4) is 0 Å². The minimum atomic E-state index is -0.849. The van der Waals surface area contributed by atoms with Gasteiger partial charge in [-0.15, -0.1) is 0 Å². The highest BCUT2D eigenvalue weighted by atomic mass is 16.5. The van der Waals surface area contributed by atoms with Gasteiger partial charge in [0.2, 0.25) is 11.8 Å². The van der Waals surface area contributed by atoms with Crippen LogP contribution >= 0.6 is 0 Å². The van der Waals surface area contributed by atoms with Gasteiger partial charge in [-0.05, 0) is 26.2 Å². The largest absolute Gasteiger partial charge is 0.477 e. The molecule has 0 heterocycles. The summed E-state index contributed by atoms with van der Waals surface area (Å²) in [5, 5.41) is 34.9. The minimum Gasteiger partial charge on any atom is -0.477 e. The van der Waals surface area contributed by atoms with Crippen LogP contribution in [0, 0.1) is 0 Å². The van der Waals surface area contributed by atoms with Crippen molar-refractivity contribution >= 4 is 23.8 Å². The number of aliphatic hydroxyl groups excluding tert-OH is 1.